The van der Waals surface area contributed by atoms with Crippen molar-refractivity contribution in [3.05, 3.63) is 52.1 Å². The van der Waals surface area contributed by atoms with E-state index in [0.717, 1.165) is 13.0 Å². The largest absolute Gasteiger partial charge is 0.361 e. The molecular formula is C16H19N3S. The van der Waals surface area contributed by atoms with Crippen LogP contribution in [0.4, 0.5) is 0 Å². The number of H-pyrrole nitrogens is 1. The molecule has 1 atom stereocenters. The van der Waals surface area contributed by atoms with E-state index in [0.29, 0.717) is 6.04 Å². The molecule has 3 aromatic rings. The molecule has 0 aliphatic carbocycles. The van der Waals surface area contributed by atoms with Crippen molar-refractivity contribution in [2.24, 2.45) is 0 Å². The van der Waals surface area contributed by atoms with Crippen molar-refractivity contribution in [3.8, 4) is 0 Å². The highest BCUT2D eigenvalue weighted by atomic mass is 32.1. The third-order valence-electron chi connectivity index (χ3n) is 3.52. The highest BCUT2D eigenvalue weighted by molar-refractivity contribution is 7.11. The molecule has 0 aliphatic rings. The lowest BCUT2D eigenvalue weighted by molar-refractivity contribution is 0.572. The molecule has 2 N–H and O–H groups in total. The average molecular weight is 285 g/mol. The Hall–Kier alpha value is -1.65. The number of aromatic amines is 1. The molecule has 104 valence electrons. The summed E-state index contributed by atoms with van der Waals surface area (Å²) >= 11 is 1.80. The summed E-state index contributed by atoms with van der Waals surface area (Å²) in [6.45, 7) is 5.21. The zero-order chi connectivity index (χ0) is 13.9. The van der Waals surface area contributed by atoms with Gasteiger partial charge in [-0.3, -0.25) is 0 Å². The molecule has 0 bridgehead atoms. The van der Waals surface area contributed by atoms with Crippen LogP contribution in [0.15, 0.2) is 36.7 Å². The van der Waals surface area contributed by atoms with E-state index in [-0.39, 0.29) is 0 Å². The smallest absolute Gasteiger partial charge is 0.109 e. The highest BCUT2D eigenvalue weighted by Crippen LogP contribution is 2.21. The van der Waals surface area contributed by atoms with Gasteiger partial charge in [0.1, 0.15) is 5.01 Å². The Kier molecular flexibility index (Phi) is 3.85. The summed E-state index contributed by atoms with van der Waals surface area (Å²) in [4.78, 5) is 9.06. The number of aromatic nitrogens is 2. The molecule has 1 unspecified atom stereocenters. The summed E-state index contributed by atoms with van der Waals surface area (Å²) in [6.07, 6.45) is 5.03. The van der Waals surface area contributed by atoms with Gasteiger partial charge >= 0.3 is 0 Å². The van der Waals surface area contributed by atoms with E-state index in [1.165, 1.54) is 26.4 Å². The zero-order valence-electron chi connectivity index (χ0n) is 11.8. The van der Waals surface area contributed by atoms with Gasteiger partial charge in [0.2, 0.25) is 0 Å². The van der Waals surface area contributed by atoms with Crippen LogP contribution in [0.1, 0.15) is 35.3 Å². The maximum Gasteiger partial charge on any atom is 0.109 e. The molecule has 2 aromatic heterocycles. The van der Waals surface area contributed by atoms with Crippen LogP contribution < -0.4 is 5.32 Å². The number of benzene rings is 1. The van der Waals surface area contributed by atoms with Crippen LogP contribution in [-0.2, 0) is 13.0 Å². The molecule has 20 heavy (non-hydrogen) atoms. The van der Waals surface area contributed by atoms with E-state index in [9.17, 15) is 0 Å². The first-order chi connectivity index (χ1) is 9.76. The summed E-state index contributed by atoms with van der Waals surface area (Å²) in [5, 5.41) is 5.98. The summed E-state index contributed by atoms with van der Waals surface area (Å²) in [6, 6.07) is 8.93. The molecule has 1 aromatic carbocycles. The van der Waals surface area contributed by atoms with Gasteiger partial charge in [-0.05, 0) is 42.5 Å². The number of nitrogens with one attached hydrogen (secondary N) is 2. The van der Waals surface area contributed by atoms with E-state index < -0.39 is 0 Å². The second-order valence-electron chi connectivity index (χ2n) is 5.02. The third-order valence-corrected chi connectivity index (χ3v) is 4.84. The Balaban J connectivity index is 1.65. The summed E-state index contributed by atoms with van der Waals surface area (Å²) < 4.78 is 0. The van der Waals surface area contributed by atoms with E-state index >= 15 is 0 Å². The molecule has 0 amide bonds. The Morgan fingerprint density at radius 1 is 1.35 bits per heavy atom. The fourth-order valence-electron chi connectivity index (χ4n) is 2.26. The van der Waals surface area contributed by atoms with Crippen LogP contribution in [0.5, 0.6) is 0 Å². The Bertz CT molecular complexity index is 698. The van der Waals surface area contributed by atoms with Gasteiger partial charge in [-0.15, -0.1) is 11.3 Å². The van der Waals surface area contributed by atoms with Gasteiger partial charge in [-0.1, -0.05) is 13.0 Å². The van der Waals surface area contributed by atoms with Crippen LogP contribution in [-0.4, -0.2) is 9.97 Å². The minimum atomic E-state index is 0.294. The number of thiazole rings is 1. The highest BCUT2D eigenvalue weighted by Gasteiger charge is 2.09. The molecule has 2 heterocycles. The number of hydrogen-bond donors (Lipinski definition) is 2. The van der Waals surface area contributed by atoms with Crippen molar-refractivity contribution in [2.75, 3.05) is 0 Å². The second-order valence-corrected chi connectivity index (χ2v) is 6.17. The van der Waals surface area contributed by atoms with Crippen LogP contribution in [0.2, 0.25) is 0 Å². The first-order valence-electron chi connectivity index (χ1n) is 7.00. The maximum atomic E-state index is 4.49. The van der Waals surface area contributed by atoms with Crippen molar-refractivity contribution in [3.63, 3.8) is 0 Å². The number of aryl methyl sites for hydroxylation is 1. The van der Waals surface area contributed by atoms with Crippen molar-refractivity contribution in [1.82, 2.24) is 15.3 Å². The molecule has 0 saturated heterocycles. The third kappa shape index (κ3) is 2.76. The van der Waals surface area contributed by atoms with Gasteiger partial charge in [0, 0.05) is 29.3 Å². The number of fused-ring (bicyclic) bond motifs is 1. The Labute approximate surface area is 123 Å². The molecule has 4 heteroatoms. The quantitative estimate of drug-likeness (QED) is 0.743. The maximum absolute atomic E-state index is 4.49. The normalized spacial score (nSPS) is 12.9. The van der Waals surface area contributed by atoms with E-state index in [1.807, 2.05) is 12.4 Å². The summed E-state index contributed by atoms with van der Waals surface area (Å²) in [5.41, 5.74) is 2.49. The minimum absolute atomic E-state index is 0.294. The minimum Gasteiger partial charge on any atom is -0.361 e. The molecule has 0 radical (unpaired) electrons. The van der Waals surface area contributed by atoms with Crippen molar-refractivity contribution >= 4 is 22.2 Å². The fraction of sp³-hybridized carbons (Fsp3) is 0.312. The van der Waals surface area contributed by atoms with Gasteiger partial charge in [0.15, 0.2) is 0 Å². The molecule has 3 nitrogen and oxygen atoms in total. The van der Waals surface area contributed by atoms with Crippen LogP contribution in [0, 0.1) is 0 Å². The lowest BCUT2D eigenvalue weighted by atomic mass is 10.1. The molecular weight excluding hydrogens is 266 g/mol. The second kappa shape index (κ2) is 5.77. The van der Waals surface area contributed by atoms with Crippen molar-refractivity contribution < 1.29 is 0 Å². The number of hydrogen-bond acceptors (Lipinski definition) is 3. The van der Waals surface area contributed by atoms with Gasteiger partial charge in [-0.25, -0.2) is 4.98 Å². The first kappa shape index (κ1) is 13.3. The predicted molar refractivity (Wildman–Crippen MR) is 85.0 cm³/mol. The van der Waals surface area contributed by atoms with Gasteiger partial charge in [0.25, 0.3) is 0 Å². The van der Waals surface area contributed by atoms with Gasteiger partial charge in [0.05, 0.1) is 6.04 Å². The van der Waals surface area contributed by atoms with Crippen LogP contribution >= 0.6 is 11.3 Å². The zero-order valence-corrected chi connectivity index (χ0v) is 12.6. The Morgan fingerprint density at radius 2 is 2.25 bits per heavy atom. The molecule has 3 rings (SSSR count). The molecule has 0 aliphatic heterocycles. The molecule has 0 fully saturated rings. The van der Waals surface area contributed by atoms with Crippen molar-refractivity contribution in [2.45, 2.75) is 32.9 Å². The van der Waals surface area contributed by atoms with Gasteiger partial charge < -0.3 is 10.3 Å². The van der Waals surface area contributed by atoms with E-state index in [2.05, 4.69) is 53.4 Å². The first-order valence-corrected chi connectivity index (χ1v) is 7.82. The average Bonchev–Trinajstić information content (AvgIpc) is 3.12. The standard InChI is InChI=1S/C16H19N3S/c1-3-14-10-19-16(20-14)11(2)18-9-12-4-5-15-13(8-12)6-7-17-15/h4-8,10-11,17-18H,3,9H2,1-2H3. The van der Waals surface area contributed by atoms with E-state index in [4.69, 9.17) is 0 Å². The van der Waals surface area contributed by atoms with Crippen LogP contribution in [0.25, 0.3) is 10.9 Å². The van der Waals surface area contributed by atoms with Crippen LogP contribution in [0.3, 0.4) is 0 Å². The van der Waals surface area contributed by atoms with Crippen molar-refractivity contribution in [1.29, 1.82) is 0 Å². The summed E-state index contributed by atoms with van der Waals surface area (Å²) in [7, 11) is 0. The predicted octanol–water partition coefficient (Wildman–Crippen LogP) is 4.04. The molecule has 0 saturated carbocycles. The number of nitrogens with zero attached hydrogens (tertiary/aromatic N) is 1. The molecule has 0 spiro atoms. The topological polar surface area (TPSA) is 40.7 Å². The fourth-order valence-corrected chi connectivity index (χ4v) is 3.14. The van der Waals surface area contributed by atoms with E-state index in [1.54, 1.807) is 11.3 Å². The summed E-state index contributed by atoms with van der Waals surface area (Å²) in [5.74, 6) is 0. The SMILES string of the molecule is CCc1cnc(C(C)NCc2ccc3[nH]ccc3c2)s1. The number of rotatable bonds is 5. The lowest BCUT2D eigenvalue weighted by Crippen LogP contribution is -2.17. The monoisotopic (exact) mass is 285 g/mol. The lowest BCUT2D eigenvalue weighted by Gasteiger charge is -2.11. The Morgan fingerprint density at radius 3 is 3.05 bits per heavy atom. The van der Waals surface area contributed by atoms with Gasteiger partial charge in [-0.2, -0.15) is 0 Å².